The number of likely N-dealkylation sites (tertiary alicyclic amines) is 1. The third-order valence-electron chi connectivity index (χ3n) is 5.14. The molecule has 0 unspecified atom stereocenters. The van der Waals surface area contributed by atoms with Gasteiger partial charge in [-0.05, 0) is 77.0 Å². The summed E-state index contributed by atoms with van der Waals surface area (Å²) in [5.74, 6) is 0.371. The smallest absolute Gasteiger partial charge is 0.243 e. The maximum Gasteiger partial charge on any atom is 0.243 e. The van der Waals surface area contributed by atoms with Crippen LogP contribution < -0.4 is 14.4 Å². The number of hydrogen-bond donors (Lipinski definition) is 1. The van der Waals surface area contributed by atoms with Crippen molar-refractivity contribution in [2.75, 3.05) is 43.3 Å². The molecule has 2 rings (SSSR count). The van der Waals surface area contributed by atoms with Crippen molar-refractivity contribution in [2.45, 2.75) is 52.0 Å². The Labute approximate surface area is 175 Å². The number of nitrogens with one attached hydrogen (secondary N) is 1. The van der Waals surface area contributed by atoms with E-state index in [1.54, 1.807) is 31.2 Å². The van der Waals surface area contributed by atoms with E-state index in [-0.39, 0.29) is 5.91 Å². The number of amides is 1. The van der Waals surface area contributed by atoms with Crippen LogP contribution in [-0.2, 0) is 14.8 Å². The topological polar surface area (TPSA) is 79.0 Å². The van der Waals surface area contributed by atoms with Gasteiger partial charge in [-0.15, -0.1) is 0 Å². The maximum absolute atomic E-state index is 12.6. The van der Waals surface area contributed by atoms with Crippen LogP contribution in [0.4, 0.5) is 5.69 Å². The van der Waals surface area contributed by atoms with Crippen molar-refractivity contribution in [3.63, 3.8) is 0 Å². The summed E-state index contributed by atoms with van der Waals surface area (Å²) in [6, 6.07) is 5.91. The molecule has 1 N–H and O–H groups in total. The lowest BCUT2D eigenvalue weighted by Crippen LogP contribution is -2.48. The summed E-state index contributed by atoms with van der Waals surface area (Å²) in [7, 11) is -3.62. The number of hydrogen-bond acceptors (Lipinski definition) is 5. The van der Waals surface area contributed by atoms with E-state index in [1.807, 2.05) is 6.92 Å². The number of sulfonamides is 1. The molecule has 164 valence electrons. The van der Waals surface area contributed by atoms with Gasteiger partial charge in [-0.25, -0.2) is 8.42 Å². The van der Waals surface area contributed by atoms with Gasteiger partial charge in [-0.3, -0.25) is 9.10 Å². The first kappa shape index (κ1) is 23.5. The second-order valence-corrected chi connectivity index (χ2v) is 9.42. The first-order chi connectivity index (χ1) is 13.8. The van der Waals surface area contributed by atoms with E-state index >= 15 is 0 Å². The van der Waals surface area contributed by atoms with Crippen LogP contribution in [0, 0.1) is 0 Å². The van der Waals surface area contributed by atoms with Crippen molar-refractivity contribution in [1.82, 2.24) is 10.2 Å². The van der Waals surface area contributed by atoms with Gasteiger partial charge >= 0.3 is 0 Å². The third kappa shape index (κ3) is 7.51. The Hall–Kier alpha value is -1.80. The zero-order chi connectivity index (χ0) is 21.3. The molecule has 1 saturated heterocycles. The number of rotatable bonds is 10. The van der Waals surface area contributed by atoms with Gasteiger partial charge in [0.2, 0.25) is 15.9 Å². The minimum absolute atomic E-state index is 0.292. The molecule has 0 aliphatic carbocycles. The molecule has 29 heavy (non-hydrogen) atoms. The molecule has 1 atom stereocenters. The van der Waals surface area contributed by atoms with Crippen LogP contribution in [0.1, 0.15) is 46.0 Å². The molecule has 7 nitrogen and oxygen atoms in total. The van der Waals surface area contributed by atoms with E-state index in [2.05, 4.69) is 10.2 Å². The van der Waals surface area contributed by atoms with Gasteiger partial charge in [-0.1, -0.05) is 12.8 Å². The number of benzene rings is 1. The summed E-state index contributed by atoms with van der Waals surface area (Å²) in [6.07, 6.45) is 7.08. The number of anilines is 1. The van der Waals surface area contributed by atoms with Crippen molar-refractivity contribution >= 4 is 21.6 Å². The van der Waals surface area contributed by atoms with Crippen LogP contribution in [-0.4, -0.2) is 64.3 Å². The van der Waals surface area contributed by atoms with Gasteiger partial charge in [0, 0.05) is 6.54 Å². The maximum atomic E-state index is 12.6. The normalized spacial score (nSPS) is 16.7. The minimum Gasteiger partial charge on any atom is -0.494 e. The Morgan fingerprint density at radius 1 is 1.17 bits per heavy atom. The molecule has 1 aliphatic heterocycles. The van der Waals surface area contributed by atoms with E-state index in [0.717, 1.165) is 36.6 Å². The lowest BCUT2D eigenvalue weighted by atomic mass is 10.2. The molecule has 1 heterocycles. The Kier molecular flexibility index (Phi) is 9.23. The summed E-state index contributed by atoms with van der Waals surface area (Å²) in [4.78, 5) is 15.1. The number of carbonyl (C=O) groups is 1. The Morgan fingerprint density at radius 3 is 2.34 bits per heavy atom. The Bertz CT molecular complexity index is 729. The Balaban J connectivity index is 1.92. The highest BCUT2D eigenvalue weighted by atomic mass is 32.2. The van der Waals surface area contributed by atoms with Crippen LogP contribution in [0.15, 0.2) is 24.3 Å². The zero-order valence-electron chi connectivity index (χ0n) is 17.9. The predicted octanol–water partition coefficient (Wildman–Crippen LogP) is 2.62. The number of carbonyl (C=O) groups excluding carboxylic acids is 1. The van der Waals surface area contributed by atoms with Gasteiger partial charge < -0.3 is 15.0 Å². The van der Waals surface area contributed by atoms with Gasteiger partial charge in [0.1, 0.15) is 11.8 Å². The first-order valence-electron chi connectivity index (χ1n) is 10.5. The molecular formula is C21H35N3O4S. The summed E-state index contributed by atoms with van der Waals surface area (Å²) in [6.45, 7) is 7.79. The fourth-order valence-electron chi connectivity index (χ4n) is 3.69. The van der Waals surface area contributed by atoms with Crippen molar-refractivity contribution in [1.29, 1.82) is 0 Å². The quantitative estimate of drug-likeness (QED) is 0.583. The molecular weight excluding hydrogens is 390 g/mol. The summed E-state index contributed by atoms with van der Waals surface area (Å²) in [5.41, 5.74) is 0.447. The predicted molar refractivity (Wildman–Crippen MR) is 117 cm³/mol. The van der Waals surface area contributed by atoms with E-state index in [4.69, 9.17) is 4.74 Å². The molecule has 0 saturated carbocycles. The molecule has 1 fully saturated rings. The number of nitrogens with zero attached hydrogens (tertiary/aromatic N) is 2. The van der Waals surface area contributed by atoms with Gasteiger partial charge in [0.05, 0.1) is 18.6 Å². The fourth-order valence-corrected chi connectivity index (χ4v) is 4.86. The summed E-state index contributed by atoms with van der Waals surface area (Å²) < 4.78 is 31.3. The largest absolute Gasteiger partial charge is 0.494 e. The van der Waals surface area contributed by atoms with Gasteiger partial charge in [-0.2, -0.15) is 0 Å². The van der Waals surface area contributed by atoms with E-state index in [1.165, 1.54) is 25.7 Å². The molecule has 0 bridgehead atoms. The van der Waals surface area contributed by atoms with Crippen molar-refractivity contribution in [3.8, 4) is 5.75 Å². The van der Waals surface area contributed by atoms with Crippen LogP contribution in [0.2, 0.25) is 0 Å². The monoisotopic (exact) mass is 425 g/mol. The van der Waals surface area contributed by atoms with E-state index in [0.29, 0.717) is 24.6 Å². The van der Waals surface area contributed by atoms with E-state index in [9.17, 15) is 13.2 Å². The van der Waals surface area contributed by atoms with E-state index < -0.39 is 16.1 Å². The second-order valence-electron chi connectivity index (χ2n) is 7.56. The highest BCUT2D eigenvalue weighted by Gasteiger charge is 2.29. The van der Waals surface area contributed by atoms with Crippen LogP contribution >= 0.6 is 0 Å². The minimum atomic E-state index is -3.62. The molecule has 0 spiro atoms. The molecule has 1 amide bonds. The molecule has 0 aromatic heterocycles. The molecule has 8 heteroatoms. The first-order valence-corrected chi connectivity index (χ1v) is 12.4. The fraction of sp³-hybridized carbons (Fsp3) is 0.667. The highest BCUT2D eigenvalue weighted by Crippen LogP contribution is 2.24. The zero-order valence-corrected chi connectivity index (χ0v) is 18.7. The van der Waals surface area contributed by atoms with Crippen molar-refractivity contribution < 1.29 is 17.9 Å². The Morgan fingerprint density at radius 2 is 1.79 bits per heavy atom. The summed E-state index contributed by atoms with van der Waals surface area (Å²) in [5, 5.41) is 2.90. The standard InChI is InChI=1S/C21H35N3O4S/c1-4-28-20-12-10-19(11-13-20)24(29(3,26)27)18(2)21(25)22-14-9-17-23-15-7-5-6-8-16-23/h10-13,18H,4-9,14-17H2,1-3H3,(H,22,25)/t18-/m1/s1. The lowest BCUT2D eigenvalue weighted by molar-refractivity contribution is -0.121. The second kappa shape index (κ2) is 11.4. The van der Waals surface area contributed by atoms with Crippen LogP contribution in [0.3, 0.4) is 0 Å². The molecule has 0 radical (unpaired) electrons. The average Bonchev–Trinajstić information content (AvgIpc) is 2.94. The average molecular weight is 426 g/mol. The lowest BCUT2D eigenvalue weighted by Gasteiger charge is -2.28. The number of ether oxygens (including phenoxy) is 1. The van der Waals surface area contributed by atoms with Gasteiger partial charge in [0.25, 0.3) is 0 Å². The van der Waals surface area contributed by atoms with Crippen molar-refractivity contribution in [2.24, 2.45) is 0 Å². The van der Waals surface area contributed by atoms with Crippen LogP contribution in [0.5, 0.6) is 5.75 Å². The molecule has 1 aliphatic rings. The SMILES string of the molecule is CCOc1ccc(N([C@H](C)C(=O)NCCCN2CCCCCC2)S(C)(=O)=O)cc1. The van der Waals surface area contributed by atoms with Gasteiger partial charge in [0.15, 0.2) is 0 Å². The van der Waals surface area contributed by atoms with Crippen LogP contribution in [0.25, 0.3) is 0 Å². The van der Waals surface area contributed by atoms with Crippen molar-refractivity contribution in [3.05, 3.63) is 24.3 Å². The third-order valence-corrected chi connectivity index (χ3v) is 6.38. The summed E-state index contributed by atoms with van der Waals surface area (Å²) >= 11 is 0. The molecule has 1 aromatic carbocycles. The molecule has 1 aromatic rings. The highest BCUT2D eigenvalue weighted by molar-refractivity contribution is 7.92.